The molecule has 2 aromatic carbocycles. The van der Waals surface area contributed by atoms with Gasteiger partial charge in [0.1, 0.15) is 5.69 Å². The summed E-state index contributed by atoms with van der Waals surface area (Å²) in [6, 6.07) is 19.8. The number of H-pyrrole nitrogens is 1. The monoisotopic (exact) mass is 392 g/mol. The first kappa shape index (κ1) is 19.0. The Bertz CT molecular complexity index is 944. The van der Waals surface area contributed by atoms with Crippen LogP contribution in [0.1, 0.15) is 16.9 Å². The SMILES string of the molecule is O=C(CC[NH+]1CCN(c2ccccc2)CC1)NNC(=O)c1cc2ccccc2[nH]1. The molecule has 0 bridgehead atoms. The molecule has 7 nitrogen and oxygen atoms in total. The van der Waals surface area contributed by atoms with Crippen molar-refractivity contribution in [2.24, 2.45) is 0 Å². The zero-order chi connectivity index (χ0) is 20.1. The lowest BCUT2D eigenvalue weighted by Crippen LogP contribution is -3.15. The lowest BCUT2D eigenvalue weighted by atomic mass is 10.2. The third kappa shape index (κ3) is 4.75. The molecule has 1 aliphatic heterocycles. The number of carbonyl (C=O) groups is 2. The summed E-state index contributed by atoms with van der Waals surface area (Å²) in [6.07, 6.45) is 0.383. The Hall–Kier alpha value is -3.32. The van der Waals surface area contributed by atoms with E-state index in [0.717, 1.165) is 43.6 Å². The molecule has 0 atom stereocenters. The van der Waals surface area contributed by atoms with Gasteiger partial charge in [0.05, 0.1) is 39.1 Å². The fourth-order valence-corrected chi connectivity index (χ4v) is 3.71. The molecule has 2 amide bonds. The highest BCUT2D eigenvalue weighted by molar-refractivity contribution is 5.98. The third-order valence-corrected chi connectivity index (χ3v) is 5.39. The largest absolute Gasteiger partial charge is 0.360 e. The number of piperazine rings is 1. The number of aromatic amines is 1. The number of nitrogens with one attached hydrogen (secondary N) is 4. The summed E-state index contributed by atoms with van der Waals surface area (Å²) in [5.41, 5.74) is 7.58. The van der Waals surface area contributed by atoms with Crippen LogP contribution in [0.3, 0.4) is 0 Å². The van der Waals surface area contributed by atoms with Crippen molar-refractivity contribution in [1.29, 1.82) is 0 Å². The van der Waals surface area contributed by atoms with Crippen molar-refractivity contribution in [2.75, 3.05) is 37.6 Å². The predicted molar refractivity (Wildman–Crippen MR) is 113 cm³/mol. The van der Waals surface area contributed by atoms with Gasteiger partial charge in [0.15, 0.2) is 0 Å². The highest BCUT2D eigenvalue weighted by Gasteiger charge is 2.20. The molecule has 1 saturated heterocycles. The Morgan fingerprint density at radius 2 is 1.69 bits per heavy atom. The molecule has 1 aliphatic rings. The molecule has 150 valence electrons. The number of para-hydroxylation sites is 2. The second kappa shape index (κ2) is 8.79. The van der Waals surface area contributed by atoms with Crippen molar-refractivity contribution in [2.45, 2.75) is 6.42 Å². The first-order chi connectivity index (χ1) is 14.2. The van der Waals surface area contributed by atoms with Crippen LogP contribution in [0.5, 0.6) is 0 Å². The van der Waals surface area contributed by atoms with Crippen molar-refractivity contribution >= 4 is 28.4 Å². The minimum absolute atomic E-state index is 0.174. The first-order valence-electron chi connectivity index (χ1n) is 9.99. The van der Waals surface area contributed by atoms with E-state index >= 15 is 0 Å². The number of aromatic nitrogens is 1. The average molecular weight is 392 g/mol. The van der Waals surface area contributed by atoms with Gasteiger partial charge in [0.2, 0.25) is 5.91 Å². The van der Waals surface area contributed by atoms with E-state index in [0.29, 0.717) is 12.1 Å². The minimum atomic E-state index is -0.349. The van der Waals surface area contributed by atoms with E-state index in [-0.39, 0.29) is 11.8 Å². The van der Waals surface area contributed by atoms with Crippen molar-refractivity contribution in [3.05, 3.63) is 66.4 Å². The smallest absolute Gasteiger partial charge is 0.286 e. The van der Waals surface area contributed by atoms with Crippen molar-refractivity contribution in [3.63, 3.8) is 0 Å². The molecular formula is C22H26N5O2+. The average Bonchev–Trinajstić information content (AvgIpc) is 3.21. The predicted octanol–water partition coefficient (Wildman–Crippen LogP) is 0.724. The second-order valence-corrected chi connectivity index (χ2v) is 7.35. The van der Waals surface area contributed by atoms with E-state index < -0.39 is 0 Å². The number of carbonyl (C=O) groups excluding carboxylic acids is 2. The van der Waals surface area contributed by atoms with E-state index in [1.54, 1.807) is 6.07 Å². The molecule has 0 unspecified atom stereocenters. The second-order valence-electron chi connectivity index (χ2n) is 7.35. The lowest BCUT2D eigenvalue weighted by molar-refractivity contribution is -0.900. The quantitative estimate of drug-likeness (QED) is 0.483. The van der Waals surface area contributed by atoms with Gasteiger partial charge in [-0.05, 0) is 24.3 Å². The fourth-order valence-electron chi connectivity index (χ4n) is 3.71. The van der Waals surface area contributed by atoms with Gasteiger partial charge in [-0.25, -0.2) is 0 Å². The van der Waals surface area contributed by atoms with Gasteiger partial charge in [-0.1, -0.05) is 36.4 Å². The van der Waals surface area contributed by atoms with Gasteiger partial charge in [0.25, 0.3) is 5.91 Å². The summed E-state index contributed by atoms with van der Waals surface area (Å²) in [5.74, 6) is -0.522. The molecule has 1 fully saturated rings. The lowest BCUT2D eigenvalue weighted by Gasteiger charge is -2.33. The minimum Gasteiger partial charge on any atom is -0.360 e. The summed E-state index contributed by atoms with van der Waals surface area (Å²) in [5, 5.41) is 0.960. The Morgan fingerprint density at radius 1 is 0.966 bits per heavy atom. The van der Waals surface area contributed by atoms with E-state index in [9.17, 15) is 9.59 Å². The molecule has 0 saturated carbocycles. The number of hydrogen-bond donors (Lipinski definition) is 4. The van der Waals surface area contributed by atoms with Crippen LogP contribution >= 0.6 is 0 Å². The molecule has 7 heteroatoms. The van der Waals surface area contributed by atoms with E-state index in [1.807, 2.05) is 30.3 Å². The third-order valence-electron chi connectivity index (χ3n) is 5.39. The Kier molecular flexibility index (Phi) is 5.76. The Labute approximate surface area is 169 Å². The van der Waals surface area contributed by atoms with Crippen LogP contribution in [0.25, 0.3) is 10.9 Å². The number of hydrazine groups is 1. The summed E-state index contributed by atoms with van der Waals surface area (Å²) in [6.45, 7) is 4.74. The number of rotatable bonds is 5. The molecule has 0 radical (unpaired) electrons. The van der Waals surface area contributed by atoms with Gasteiger partial charge in [0, 0.05) is 16.6 Å². The number of amides is 2. The molecule has 0 spiro atoms. The van der Waals surface area contributed by atoms with E-state index in [2.05, 4.69) is 45.0 Å². The van der Waals surface area contributed by atoms with Gasteiger partial charge in [-0.2, -0.15) is 0 Å². The summed E-state index contributed by atoms with van der Waals surface area (Å²) in [4.78, 5) is 31.2. The molecule has 2 heterocycles. The molecule has 4 rings (SSSR count). The maximum absolute atomic E-state index is 12.2. The first-order valence-corrected chi connectivity index (χ1v) is 9.99. The Morgan fingerprint density at radius 3 is 2.45 bits per heavy atom. The van der Waals surface area contributed by atoms with Crippen LogP contribution in [-0.2, 0) is 4.79 Å². The number of nitrogens with zero attached hydrogens (tertiary/aromatic N) is 1. The topological polar surface area (TPSA) is 81.7 Å². The number of fused-ring (bicyclic) bond motifs is 1. The van der Waals surface area contributed by atoms with Gasteiger partial charge in [-0.15, -0.1) is 0 Å². The van der Waals surface area contributed by atoms with Gasteiger partial charge in [-0.3, -0.25) is 20.4 Å². The number of anilines is 1. The maximum atomic E-state index is 12.2. The molecule has 4 N–H and O–H groups in total. The molecule has 29 heavy (non-hydrogen) atoms. The normalized spacial score (nSPS) is 14.7. The van der Waals surface area contributed by atoms with Gasteiger partial charge < -0.3 is 14.8 Å². The number of quaternary nitrogens is 1. The molecule has 3 aromatic rings. The van der Waals surface area contributed by atoms with Crippen molar-refractivity contribution < 1.29 is 14.5 Å². The Balaban J connectivity index is 1.18. The summed E-state index contributed by atoms with van der Waals surface area (Å²) < 4.78 is 0. The molecule has 1 aromatic heterocycles. The highest BCUT2D eigenvalue weighted by Crippen LogP contribution is 2.14. The van der Waals surface area contributed by atoms with E-state index in [1.165, 1.54) is 10.6 Å². The summed E-state index contributed by atoms with van der Waals surface area (Å²) in [7, 11) is 0. The fraction of sp³-hybridized carbons (Fsp3) is 0.273. The van der Waals surface area contributed by atoms with Gasteiger partial charge >= 0.3 is 0 Å². The summed E-state index contributed by atoms with van der Waals surface area (Å²) >= 11 is 0. The maximum Gasteiger partial charge on any atom is 0.286 e. The number of benzene rings is 2. The number of hydrogen-bond acceptors (Lipinski definition) is 3. The standard InChI is InChI=1S/C22H25N5O2/c28-21(24-25-22(29)20-16-17-6-4-5-9-19(17)23-20)10-11-26-12-14-27(15-13-26)18-7-2-1-3-8-18/h1-9,16,23H,10-15H2,(H,24,28)(H,25,29)/p+1. The van der Waals surface area contributed by atoms with Crippen LogP contribution < -0.4 is 20.7 Å². The van der Waals surface area contributed by atoms with Crippen LogP contribution in [0, 0.1) is 0 Å². The van der Waals surface area contributed by atoms with Crippen LogP contribution in [0.2, 0.25) is 0 Å². The zero-order valence-electron chi connectivity index (χ0n) is 16.3. The van der Waals surface area contributed by atoms with Crippen LogP contribution in [0.15, 0.2) is 60.7 Å². The molecule has 0 aliphatic carbocycles. The van der Waals surface area contributed by atoms with Crippen molar-refractivity contribution in [3.8, 4) is 0 Å². The van der Waals surface area contributed by atoms with E-state index in [4.69, 9.17) is 0 Å². The molecular weight excluding hydrogens is 366 g/mol. The van der Waals surface area contributed by atoms with Crippen LogP contribution in [-0.4, -0.2) is 49.5 Å². The zero-order valence-corrected chi connectivity index (χ0v) is 16.3. The van der Waals surface area contributed by atoms with Crippen LogP contribution in [0.4, 0.5) is 5.69 Å². The highest BCUT2D eigenvalue weighted by atomic mass is 16.2. The van der Waals surface area contributed by atoms with Crippen molar-refractivity contribution in [1.82, 2.24) is 15.8 Å².